The topological polar surface area (TPSA) is 77.0 Å². The second-order valence-electron chi connectivity index (χ2n) is 7.70. The van der Waals surface area contributed by atoms with E-state index < -0.39 is 0 Å². The number of aromatic amines is 1. The third-order valence-electron chi connectivity index (χ3n) is 5.06. The molecule has 3 aromatic heterocycles. The van der Waals surface area contributed by atoms with Gasteiger partial charge in [0, 0.05) is 29.3 Å². The number of nitrogens with zero attached hydrogens (tertiary/aromatic N) is 2. The van der Waals surface area contributed by atoms with E-state index in [-0.39, 0.29) is 11.0 Å². The third kappa shape index (κ3) is 3.39. The van der Waals surface area contributed by atoms with Crippen LogP contribution in [0.4, 0.5) is 0 Å². The highest BCUT2D eigenvalue weighted by Crippen LogP contribution is 2.34. The second-order valence-corrected chi connectivity index (χ2v) is 8.79. The highest BCUT2D eigenvalue weighted by atomic mass is 32.1. The van der Waals surface area contributed by atoms with Gasteiger partial charge in [0.05, 0.1) is 18.5 Å². The van der Waals surface area contributed by atoms with Crippen LogP contribution in [-0.2, 0) is 25.8 Å². The van der Waals surface area contributed by atoms with E-state index in [0.717, 1.165) is 35.3 Å². The summed E-state index contributed by atoms with van der Waals surface area (Å²) in [6.45, 7) is 6.86. The summed E-state index contributed by atoms with van der Waals surface area (Å²) < 4.78 is 7.25. The Morgan fingerprint density at radius 3 is 2.86 bits per heavy atom. The molecule has 0 aliphatic heterocycles. The number of ether oxygens (including phenoxy) is 1. The molecule has 0 spiro atoms. The Kier molecular flexibility index (Phi) is 5.10. The lowest BCUT2D eigenvalue weighted by Gasteiger charge is -2.13. The number of rotatable bonds is 6. The van der Waals surface area contributed by atoms with Crippen LogP contribution in [0.1, 0.15) is 49.2 Å². The third-order valence-corrected chi connectivity index (χ3v) is 6.24. The molecule has 1 aliphatic carbocycles. The van der Waals surface area contributed by atoms with E-state index in [0.29, 0.717) is 36.9 Å². The van der Waals surface area contributed by atoms with Crippen molar-refractivity contribution in [2.45, 2.75) is 53.0 Å². The van der Waals surface area contributed by atoms with E-state index in [4.69, 9.17) is 9.72 Å². The highest BCUT2D eigenvalue weighted by molar-refractivity contribution is 7.18. The molecule has 0 saturated heterocycles. The Bertz CT molecular complexity index is 1140. The van der Waals surface area contributed by atoms with Gasteiger partial charge in [-0.2, -0.15) is 0 Å². The molecule has 0 atom stereocenters. The van der Waals surface area contributed by atoms with Gasteiger partial charge in [0.25, 0.3) is 5.56 Å². The van der Waals surface area contributed by atoms with Crippen LogP contribution >= 0.6 is 11.3 Å². The lowest BCUT2D eigenvalue weighted by Crippen LogP contribution is -2.26. The Hall–Kier alpha value is -2.41. The van der Waals surface area contributed by atoms with Crippen LogP contribution < -0.4 is 15.7 Å². The molecule has 0 saturated carbocycles. The largest absolute Gasteiger partial charge is 0.488 e. The lowest BCUT2D eigenvalue weighted by molar-refractivity contribution is 0.267. The molecule has 0 aromatic carbocycles. The van der Waals surface area contributed by atoms with E-state index in [9.17, 15) is 9.59 Å². The maximum atomic E-state index is 13.3. The van der Waals surface area contributed by atoms with Crippen molar-refractivity contribution in [3.05, 3.63) is 54.8 Å². The van der Waals surface area contributed by atoms with Gasteiger partial charge in [-0.25, -0.2) is 4.98 Å². The van der Waals surface area contributed by atoms with Crippen molar-refractivity contribution in [3.8, 4) is 5.75 Å². The number of fused-ring (bicyclic) bond motifs is 3. The van der Waals surface area contributed by atoms with Gasteiger partial charge in [-0.3, -0.25) is 14.2 Å². The highest BCUT2D eigenvalue weighted by Gasteiger charge is 2.23. The number of hydrogen-bond donors (Lipinski definition) is 1. The molecule has 3 aromatic rings. The number of nitrogens with one attached hydrogen (secondary N) is 1. The first-order valence-electron chi connectivity index (χ1n) is 9.86. The van der Waals surface area contributed by atoms with Crippen LogP contribution in [0.5, 0.6) is 5.75 Å². The smallest absolute Gasteiger partial charge is 0.262 e. The number of aromatic nitrogens is 3. The first kappa shape index (κ1) is 18.9. The van der Waals surface area contributed by atoms with Crippen molar-refractivity contribution >= 4 is 21.6 Å². The van der Waals surface area contributed by atoms with E-state index in [1.54, 1.807) is 22.1 Å². The molecular weight excluding hydrogens is 374 g/mol. The summed E-state index contributed by atoms with van der Waals surface area (Å²) >= 11 is 1.66. The van der Waals surface area contributed by atoms with Crippen molar-refractivity contribution < 1.29 is 4.74 Å². The predicted octanol–water partition coefficient (Wildman–Crippen LogP) is 3.28. The van der Waals surface area contributed by atoms with E-state index in [1.807, 2.05) is 20.8 Å². The van der Waals surface area contributed by atoms with Crippen LogP contribution in [0.2, 0.25) is 0 Å². The second kappa shape index (κ2) is 7.54. The SMILES string of the molecule is CCc1nc2sc3c(c2c(=O)n1Cc1cc(=O)c(OCC(C)C)c[nH]1)CCC3. The normalized spacial score (nSPS) is 13.4. The average molecular weight is 400 g/mol. The maximum Gasteiger partial charge on any atom is 0.262 e. The van der Waals surface area contributed by atoms with E-state index in [2.05, 4.69) is 4.98 Å². The van der Waals surface area contributed by atoms with Crippen molar-refractivity contribution in [2.24, 2.45) is 5.92 Å². The van der Waals surface area contributed by atoms with Gasteiger partial charge in [-0.05, 0) is 30.7 Å². The molecule has 0 radical (unpaired) electrons. The van der Waals surface area contributed by atoms with Crippen molar-refractivity contribution in [2.75, 3.05) is 6.61 Å². The standard InChI is InChI=1S/C21H25N3O3S/c1-4-18-23-20-19(14-6-5-7-17(14)28-20)21(26)24(18)10-13-8-15(25)16(9-22-13)27-11-12(2)3/h8-9,12H,4-7,10-11H2,1-3H3,(H,22,25). The van der Waals surface area contributed by atoms with Crippen LogP contribution in [0, 0.1) is 5.92 Å². The predicted molar refractivity (Wildman–Crippen MR) is 112 cm³/mol. The molecule has 148 valence electrons. The Balaban J connectivity index is 1.71. The Morgan fingerprint density at radius 1 is 1.32 bits per heavy atom. The Labute approximate surface area is 167 Å². The first-order chi connectivity index (χ1) is 13.5. The van der Waals surface area contributed by atoms with Gasteiger partial charge < -0.3 is 9.72 Å². The van der Waals surface area contributed by atoms with Crippen LogP contribution in [0.25, 0.3) is 10.2 Å². The van der Waals surface area contributed by atoms with Gasteiger partial charge in [-0.15, -0.1) is 11.3 Å². The lowest BCUT2D eigenvalue weighted by atomic mass is 10.2. The fourth-order valence-corrected chi connectivity index (χ4v) is 4.95. The van der Waals surface area contributed by atoms with Gasteiger partial charge in [0.15, 0.2) is 5.75 Å². The zero-order valence-corrected chi connectivity index (χ0v) is 17.3. The summed E-state index contributed by atoms with van der Waals surface area (Å²) in [5.74, 6) is 1.40. The summed E-state index contributed by atoms with van der Waals surface area (Å²) in [4.78, 5) is 35.7. The summed E-state index contributed by atoms with van der Waals surface area (Å²) in [6, 6.07) is 1.52. The van der Waals surface area contributed by atoms with E-state index in [1.165, 1.54) is 16.5 Å². The number of hydrogen-bond acceptors (Lipinski definition) is 5. The molecule has 3 heterocycles. The van der Waals surface area contributed by atoms with Gasteiger partial charge in [0.2, 0.25) is 5.43 Å². The molecule has 0 unspecified atom stereocenters. The van der Waals surface area contributed by atoms with Crippen LogP contribution in [0.15, 0.2) is 21.9 Å². The molecular formula is C21H25N3O3S. The van der Waals surface area contributed by atoms with E-state index >= 15 is 0 Å². The van der Waals surface area contributed by atoms with Crippen molar-refractivity contribution in [3.63, 3.8) is 0 Å². The van der Waals surface area contributed by atoms with Gasteiger partial charge >= 0.3 is 0 Å². The summed E-state index contributed by atoms with van der Waals surface area (Å²) in [5.41, 5.74) is 1.68. The number of aryl methyl sites for hydroxylation is 3. The van der Waals surface area contributed by atoms with Crippen LogP contribution in [0.3, 0.4) is 0 Å². The molecule has 0 bridgehead atoms. The zero-order valence-electron chi connectivity index (χ0n) is 16.5. The maximum absolute atomic E-state index is 13.3. The monoisotopic (exact) mass is 399 g/mol. The minimum Gasteiger partial charge on any atom is -0.488 e. The van der Waals surface area contributed by atoms with Crippen molar-refractivity contribution in [1.82, 2.24) is 14.5 Å². The summed E-state index contributed by atoms with van der Waals surface area (Å²) in [7, 11) is 0. The molecule has 1 N–H and O–H groups in total. The quantitative estimate of drug-likeness (QED) is 0.690. The fourth-order valence-electron chi connectivity index (χ4n) is 3.68. The molecule has 0 amide bonds. The first-order valence-corrected chi connectivity index (χ1v) is 10.7. The number of pyridine rings is 1. The molecule has 7 heteroatoms. The summed E-state index contributed by atoms with van der Waals surface area (Å²) in [5, 5.41) is 0.772. The number of thiophene rings is 1. The molecule has 1 aliphatic rings. The minimum atomic E-state index is -0.175. The Morgan fingerprint density at radius 2 is 2.14 bits per heavy atom. The molecule has 4 rings (SSSR count). The molecule has 0 fully saturated rings. The molecule has 28 heavy (non-hydrogen) atoms. The fraction of sp³-hybridized carbons (Fsp3) is 0.476. The zero-order chi connectivity index (χ0) is 19.8. The number of H-pyrrole nitrogens is 1. The van der Waals surface area contributed by atoms with Gasteiger partial charge in [-0.1, -0.05) is 20.8 Å². The summed E-state index contributed by atoms with van der Waals surface area (Å²) in [6.07, 6.45) is 5.36. The minimum absolute atomic E-state index is 0.00207. The molecule has 6 nitrogen and oxygen atoms in total. The average Bonchev–Trinajstić information content (AvgIpc) is 3.23. The van der Waals surface area contributed by atoms with Gasteiger partial charge in [0.1, 0.15) is 10.7 Å². The van der Waals surface area contributed by atoms with Crippen molar-refractivity contribution in [1.29, 1.82) is 0 Å². The van der Waals surface area contributed by atoms with Crippen LogP contribution in [-0.4, -0.2) is 21.1 Å².